The van der Waals surface area contributed by atoms with Gasteiger partial charge in [0.05, 0.1) is 6.21 Å². The van der Waals surface area contributed by atoms with Gasteiger partial charge in [-0.1, -0.05) is 41.6 Å². The maximum absolute atomic E-state index is 6.17. The molecule has 3 aliphatic heterocycles. The Kier molecular flexibility index (Phi) is 3.40. The molecular formula is C24H15N2O3+. The molecule has 6 rings (SSSR count). The number of hydrogen-bond acceptors (Lipinski definition) is 4. The van der Waals surface area contributed by atoms with Crippen LogP contribution in [-0.4, -0.2) is 6.21 Å². The van der Waals surface area contributed by atoms with Crippen molar-refractivity contribution in [2.75, 3.05) is 0 Å². The normalized spacial score (nSPS) is 18.3. The number of aromatic amines is 1. The summed E-state index contributed by atoms with van der Waals surface area (Å²) in [5, 5.41) is 3.92. The molecule has 0 fully saturated rings. The molecule has 5 heteroatoms. The maximum atomic E-state index is 6.17. The summed E-state index contributed by atoms with van der Waals surface area (Å²) < 4.78 is 12.3. The Morgan fingerprint density at radius 2 is 1.45 bits per heavy atom. The first kappa shape index (κ1) is 15.9. The van der Waals surface area contributed by atoms with E-state index in [1.54, 1.807) is 6.21 Å². The van der Waals surface area contributed by atoms with Crippen LogP contribution in [0.4, 0.5) is 0 Å². The number of allylic oxidation sites excluding steroid dienone is 2. The lowest BCUT2D eigenvalue weighted by atomic mass is 9.82. The summed E-state index contributed by atoms with van der Waals surface area (Å²) in [6.07, 6.45) is 8.88. The summed E-state index contributed by atoms with van der Waals surface area (Å²) in [6, 6.07) is 18.1. The minimum atomic E-state index is 0.622. The largest absolute Gasteiger partial charge is 0.453 e. The van der Waals surface area contributed by atoms with Crippen molar-refractivity contribution < 1.29 is 19.3 Å². The molecule has 4 heterocycles. The van der Waals surface area contributed by atoms with E-state index in [0.29, 0.717) is 5.76 Å². The van der Waals surface area contributed by atoms with E-state index in [1.165, 1.54) is 6.26 Å². The molecule has 5 nitrogen and oxygen atoms in total. The smallest absolute Gasteiger partial charge is 0.210 e. The predicted octanol–water partition coefficient (Wildman–Crippen LogP) is 4.74. The van der Waals surface area contributed by atoms with Crippen LogP contribution in [0.1, 0.15) is 16.7 Å². The lowest BCUT2D eigenvalue weighted by Crippen LogP contribution is -2.14. The number of hydrogen-bond donors (Lipinski definition) is 0. The summed E-state index contributed by atoms with van der Waals surface area (Å²) in [4.78, 5) is 8.35. The molecule has 0 saturated heterocycles. The second-order valence-corrected chi connectivity index (χ2v) is 6.79. The number of fused-ring (bicyclic) bond motifs is 4. The topological polar surface area (TPSA) is 54.2 Å². The Morgan fingerprint density at radius 3 is 2.31 bits per heavy atom. The van der Waals surface area contributed by atoms with Crippen LogP contribution in [-0.2, 0) is 4.84 Å². The van der Waals surface area contributed by atoms with E-state index in [2.05, 4.69) is 22.3 Å². The standard InChI is InChI=1S/C24H14N2O3/c1-3-7-19-15(5-1)23(17-9-11-25-13-21(17)28-19)24-16-6-2-4-8-20(16)29-22-14-27-26-12-10-18(22)24/h1-14H/p+1/b24-23+. The molecule has 1 N–H and O–H groups in total. The van der Waals surface area contributed by atoms with Gasteiger partial charge in [-0.15, -0.1) is 0 Å². The van der Waals surface area contributed by atoms with Gasteiger partial charge in [0.25, 0.3) is 0 Å². The second kappa shape index (κ2) is 6.21. The van der Waals surface area contributed by atoms with Crippen molar-refractivity contribution in [1.29, 1.82) is 0 Å². The zero-order valence-electron chi connectivity index (χ0n) is 15.3. The molecule has 0 saturated carbocycles. The number of H-pyrrole nitrogens is 1. The zero-order chi connectivity index (χ0) is 19.2. The van der Waals surface area contributed by atoms with Gasteiger partial charge in [-0.25, -0.2) is 4.98 Å². The van der Waals surface area contributed by atoms with Gasteiger partial charge in [-0.2, -0.15) is 0 Å². The van der Waals surface area contributed by atoms with Gasteiger partial charge in [0.1, 0.15) is 11.5 Å². The number of oxime groups is 1. The number of ether oxygens (including phenoxy) is 2. The van der Waals surface area contributed by atoms with Crippen LogP contribution in [0.2, 0.25) is 0 Å². The lowest BCUT2D eigenvalue weighted by molar-refractivity contribution is -0.378. The van der Waals surface area contributed by atoms with Gasteiger partial charge in [0.15, 0.2) is 24.0 Å². The molecule has 3 aliphatic rings. The average molecular weight is 379 g/mol. The van der Waals surface area contributed by atoms with Crippen molar-refractivity contribution in [3.05, 3.63) is 107 Å². The number of benzene rings is 2. The van der Waals surface area contributed by atoms with E-state index >= 15 is 0 Å². The van der Waals surface area contributed by atoms with Gasteiger partial charge >= 0.3 is 0 Å². The molecule has 0 amide bonds. The first-order valence-corrected chi connectivity index (χ1v) is 9.30. The minimum absolute atomic E-state index is 0.622. The van der Waals surface area contributed by atoms with E-state index < -0.39 is 0 Å². The Labute approximate surface area is 166 Å². The van der Waals surface area contributed by atoms with Crippen molar-refractivity contribution in [3.8, 4) is 17.2 Å². The highest BCUT2D eigenvalue weighted by Gasteiger charge is 2.33. The third kappa shape index (κ3) is 2.41. The number of para-hydroxylation sites is 2. The van der Waals surface area contributed by atoms with Crippen LogP contribution in [0.3, 0.4) is 0 Å². The SMILES string of the molecule is C1=NOC=C2Oc3ccccc3/C(=C3/c4ccccc4Oc4c[nH+]ccc43)C2=C1. The van der Waals surface area contributed by atoms with Gasteiger partial charge in [0.2, 0.25) is 6.20 Å². The number of nitrogens with one attached hydrogen (secondary N) is 1. The van der Waals surface area contributed by atoms with Crippen molar-refractivity contribution >= 4 is 17.4 Å². The van der Waals surface area contributed by atoms with Crippen molar-refractivity contribution in [3.63, 3.8) is 0 Å². The molecule has 1 aromatic heterocycles. The molecule has 29 heavy (non-hydrogen) atoms. The van der Waals surface area contributed by atoms with E-state index in [0.717, 1.165) is 50.7 Å². The minimum Gasteiger partial charge on any atom is -0.453 e. The van der Waals surface area contributed by atoms with Gasteiger partial charge < -0.3 is 14.3 Å². The number of nitrogens with zero attached hydrogens (tertiary/aromatic N) is 1. The summed E-state index contributed by atoms with van der Waals surface area (Å²) in [6.45, 7) is 0. The van der Waals surface area contributed by atoms with E-state index in [9.17, 15) is 0 Å². The number of aromatic nitrogens is 1. The Balaban J connectivity index is 1.78. The van der Waals surface area contributed by atoms with Crippen LogP contribution >= 0.6 is 0 Å². The summed E-state index contributed by atoms with van der Waals surface area (Å²) in [5.41, 5.74) is 6.10. The Bertz CT molecular complexity index is 1240. The fourth-order valence-electron chi connectivity index (χ4n) is 3.95. The molecule has 138 valence electrons. The first-order valence-electron chi connectivity index (χ1n) is 9.30. The van der Waals surface area contributed by atoms with Crippen molar-refractivity contribution in [2.45, 2.75) is 0 Å². The van der Waals surface area contributed by atoms with Crippen molar-refractivity contribution in [2.24, 2.45) is 5.16 Å². The highest BCUT2D eigenvalue weighted by atomic mass is 16.6. The van der Waals surface area contributed by atoms with Gasteiger partial charge in [0, 0.05) is 39.5 Å². The van der Waals surface area contributed by atoms with Crippen LogP contribution in [0.5, 0.6) is 17.2 Å². The summed E-state index contributed by atoms with van der Waals surface area (Å²) in [5.74, 6) is 2.99. The lowest BCUT2D eigenvalue weighted by Gasteiger charge is -2.29. The van der Waals surface area contributed by atoms with Crippen LogP contribution in [0, 0.1) is 0 Å². The molecule has 2 aromatic carbocycles. The highest BCUT2D eigenvalue weighted by molar-refractivity contribution is 6.11. The summed E-state index contributed by atoms with van der Waals surface area (Å²) in [7, 11) is 0. The predicted molar refractivity (Wildman–Crippen MR) is 108 cm³/mol. The van der Waals surface area contributed by atoms with Crippen LogP contribution in [0.25, 0.3) is 11.1 Å². The zero-order valence-corrected chi connectivity index (χ0v) is 15.3. The van der Waals surface area contributed by atoms with Gasteiger partial charge in [-0.05, 0) is 18.2 Å². The quantitative estimate of drug-likeness (QED) is 0.443. The molecule has 0 aliphatic carbocycles. The molecular weight excluding hydrogens is 364 g/mol. The molecule has 3 aromatic rings. The van der Waals surface area contributed by atoms with Crippen LogP contribution in [0.15, 0.2) is 95.8 Å². The van der Waals surface area contributed by atoms with Crippen LogP contribution < -0.4 is 14.5 Å². The molecule has 0 radical (unpaired) electrons. The maximum Gasteiger partial charge on any atom is 0.210 e. The molecule has 0 bridgehead atoms. The van der Waals surface area contributed by atoms with E-state index in [4.69, 9.17) is 14.3 Å². The fraction of sp³-hybridized carbons (Fsp3) is 0. The van der Waals surface area contributed by atoms with E-state index in [-0.39, 0.29) is 0 Å². The number of pyridine rings is 1. The highest BCUT2D eigenvalue weighted by Crippen LogP contribution is 2.51. The number of rotatable bonds is 0. The Hall–Kier alpha value is -4.12. The first-order chi connectivity index (χ1) is 14.4. The van der Waals surface area contributed by atoms with Gasteiger partial charge in [-0.3, -0.25) is 0 Å². The Morgan fingerprint density at radius 1 is 0.724 bits per heavy atom. The monoisotopic (exact) mass is 379 g/mol. The third-order valence-corrected chi connectivity index (χ3v) is 5.16. The molecule has 0 atom stereocenters. The summed E-state index contributed by atoms with van der Waals surface area (Å²) >= 11 is 0. The average Bonchev–Trinajstić information content (AvgIpc) is 3.01. The molecule has 0 spiro atoms. The van der Waals surface area contributed by atoms with E-state index in [1.807, 2.05) is 60.9 Å². The third-order valence-electron chi connectivity index (χ3n) is 5.16. The molecule has 0 unspecified atom stereocenters. The van der Waals surface area contributed by atoms with Crippen molar-refractivity contribution in [1.82, 2.24) is 0 Å². The fourth-order valence-corrected chi connectivity index (χ4v) is 3.95. The second-order valence-electron chi connectivity index (χ2n) is 6.79.